The van der Waals surface area contributed by atoms with Crippen molar-refractivity contribution in [3.8, 4) is 11.8 Å². The van der Waals surface area contributed by atoms with E-state index in [-0.39, 0.29) is 18.2 Å². The van der Waals surface area contributed by atoms with Gasteiger partial charge in [0, 0.05) is 5.41 Å². The van der Waals surface area contributed by atoms with Gasteiger partial charge in [-0.2, -0.15) is 10.4 Å². The minimum Gasteiger partial charge on any atom is -0.469 e. The molecule has 2 aromatic rings. The maximum absolute atomic E-state index is 13.2. The van der Waals surface area contributed by atoms with Gasteiger partial charge >= 0.3 is 5.97 Å². The lowest BCUT2D eigenvalue weighted by Gasteiger charge is -2.40. The lowest BCUT2D eigenvalue weighted by Crippen LogP contribution is -2.40. The third kappa shape index (κ3) is 2.49. The summed E-state index contributed by atoms with van der Waals surface area (Å²) in [6.07, 6.45) is 6.01. The van der Waals surface area contributed by atoms with Gasteiger partial charge in [-0.3, -0.25) is 4.79 Å². The molecule has 1 fully saturated rings. The van der Waals surface area contributed by atoms with E-state index in [1.165, 1.54) is 19.2 Å². The Bertz CT molecular complexity index is 986. The average molecular weight is 365 g/mol. The van der Waals surface area contributed by atoms with Crippen molar-refractivity contribution in [2.45, 2.75) is 32.6 Å². The number of carbonyl (C=O) groups excluding carboxylic acids is 1. The fourth-order valence-electron chi connectivity index (χ4n) is 4.56. The van der Waals surface area contributed by atoms with Crippen molar-refractivity contribution in [1.82, 2.24) is 9.78 Å². The van der Waals surface area contributed by atoms with Crippen LogP contribution in [0.15, 0.2) is 36.0 Å². The van der Waals surface area contributed by atoms with Gasteiger partial charge in [0.25, 0.3) is 0 Å². The predicted octanol–water partition coefficient (Wildman–Crippen LogP) is 3.82. The van der Waals surface area contributed by atoms with Crippen LogP contribution in [0.1, 0.15) is 37.4 Å². The molecule has 4 rings (SSSR count). The van der Waals surface area contributed by atoms with Crippen LogP contribution >= 0.6 is 0 Å². The lowest BCUT2D eigenvalue weighted by atomic mass is 9.60. The summed E-state index contributed by atoms with van der Waals surface area (Å²) in [5.74, 6) is -0.644. The van der Waals surface area contributed by atoms with E-state index < -0.39 is 10.8 Å². The Labute approximate surface area is 157 Å². The Hall–Kier alpha value is -2.94. The average Bonchev–Trinajstić information content (AvgIpc) is 3.19. The number of nitriles is 1. The molecule has 5 nitrogen and oxygen atoms in total. The molecule has 0 spiro atoms. The molecule has 2 aliphatic rings. The number of fused-ring (bicyclic) bond motifs is 2. The number of hydrogen-bond donors (Lipinski definition) is 0. The number of methoxy groups -OCH3 is 1. The van der Waals surface area contributed by atoms with Gasteiger partial charge < -0.3 is 4.74 Å². The number of allylic oxidation sites excluding steroid dienone is 1. The molecule has 0 bridgehead atoms. The Morgan fingerprint density at radius 3 is 2.81 bits per heavy atom. The van der Waals surface area contributed by atoms with E-state index in [0.717, 1.165) is 28.9 Å². The van der Waals surface area contributed by atoms with Crippen molar-refractivity contribution < 1.29 is 13.9 Å². The monoisotopic (exact) mass is 365 g/mol. The molecule has 0 saturated heterocycles. The Morgan fingerprint density at radius 1 is 1.41 bits per heavy atom. The molecule has 0 radical (unpaired) electrons. The topological polar surface area (TPSA) is 67.9 Å². The number of carbonyl (C=O) groups is 1. The van der Waals surface area contributed by atoms with Crippen molar-refractivity contribution in [1.29, 1.82) is 5.26 Å². The molecule has 2 aliphatic carbocycles. The first-order valence-corrected chi connectivity index (χ1v) is 8.94. The third-order valence-electron chi connectivity index (χ3n) is 6.29. The number of rotatable bonds is 3. The molecule has 27 heavy (non-hydrogen) atoms. The summed E-state index contributed by atoms with van der Waals surface area (Å²) >= 11 is 0. The van der Waals surface area contributed by atoms with E-state index in [2.05, 4.69) is 24.2 Å². The molecular formula is C21H20FN3O2. The summed E-state index contributed by atoms with van der Waals surface area (Å²) in [7, 11) is 1.35. The van der Waals surface area contributed by atoms with Crippen LogP contribution < -0.4 is 0 Å². The highest BCUT2D eigenvalue weighted by molar-refractivity contribution is 5.72. The molecule has 138 valence electrons. The quantitative estimate of drug-likeness (QED) is 0.776. The van der Waals surface area contributed by atoms with Gasteiger partial charge in [-0.25, -0.2) is 9.07 Å². The van der Waals surface area contributed by atoms with Gasteiger partial charge in [0.2, 0.25) is 0 Å². The zero-order chi connectivity index (χ0) is 19.2. The molecule has 6 heteroatoms. The fraction of sp³-hybridized carbons (Fsp3) is 0.381. The number of benzene rings is 1. The van der Waals surface area contributed by atoms with Crippen LogP contribution in [0.25, 0.3) is 11.8 Å². The zero-order valence-corrected chi connectivity index (χ0v) is 15.3. The second-order valence-electron chi connectivity index (χ2n) is 7.57. The van der Waals surface area contributed by atoms with Crippen LogP contribution in [-0.2, 0) is 16.0 Å². The highest BCUT2D eigenvalue weighted by Crippen LogP contribution is 2.61. The molecule has 1 aromatic carbocycles. The number of aromatic nitrogens is 2. The molecule has 0 aliphatic heterocycles. The first kappa shape index (κ1) is 17.5. The van der Waals surface area contributed by atoms with Crippen molar-refractivity contribution in [3.63, 3.8) is 0 Å². The van der Waals surface area contributed by atoms with Crippen molar-refractivity contribution in [2.75, 3.05) is 7.11 Å². The highest BCUT2D eigenvalue weighted by Gasteiger charge is 2.57. The standard InChI is InChI=1S/C21H20FN3O2/c1-20-10-14-12-24-25(17-5-3-16(22)4-6-17)18(14)9-15(20)7-8-21(20,13-23)11-19(26)27-2/h3-6,9,12H,7-8,10-11H2,1-2H3/t20-,21+/m0/s1. The van der Waals surface area contributed by atoms with Crippen molar-refractivity contribution in [2.24, 2.45) is 10.8 Å². The predicted molar refractivity (Wildman–Crippen MR) is 97.2 cm³/mol. The van der Waals surface area contributed by atoms with Crippen molar-refractivity contribution in [3.05, 3.63) is 53.1 Å². The summed E-state index contributed by atoms with van der Waals surface area (Å²) in [6, 6.07) is 8.66. The number of ether oxygens (including phenoxy) is 1. The molecule has 1 aromatic heterocycles. The first-order valence-electron chi connectivity index (χ1n) is 8.94. The minimum atomic E-state index is -0.776. The Balaban J connectivity index is 1.76. The van der Waals surface area contributed by atoms with Gasteiger partial charge in [0.1, 0.15) is 5.82 Å². The third-order valence-corrected chi connectivity index (χ3v) is 6.29. The normalized spacial score (nSPS) is 25.9. The van der Waals surface area contributed by atoms with E-state index in [0.29, 0.717) is 12.8 Å². The molecule has 0 unspecified atom stereocenters. The number of nitrogens with zero attached hydrogens (tertiary/aromatic N) is 3. The van der Waals surface area contributed by atoms with E-state index in [4.69, 9.17) is 4.74 Å². The number of esters is 1. The second kappa shape index (κ2) is 6.05. The van der Waals surface area contributed by atoms with Gasteiger partial charge in [-0.1, -0.05) is 12.5 Å². The summed E-state index contributed by atoms with van der Waals surface area (Å²) in [5, 5.41) is 14.5. The zero-order valence-electron chi connectivity index (χ0n) is 15.3. The fourth-order valence-corrected chi connectivity index (χ4v) is 4.56. The van der Waals surface area contributed by atoms with Gasteiger partial charge in [-0.15, -0.1) is 0 Å². The summed E-state index contributed by atoms with van der Waals surface area (Å²) < 4.78 is 19.9. The van der Waals surface area contributed by atoms with Crippen LogP contribution in [0.4, 0.5) is 4.39 Å². The Morgan fingerprint density at radius 2 is 2.15 bits per heavy atom. The molecule has 0 amide bonds. The second-order valence-corrected chi connectivity index (χ2v) is 7.57. The highest BCUT2D eigenvalue weighted by atomic mass is 19.1. The summed E-state index contributed by atoms with van der Waals surface area (Å²) in [4.78, 5) is 12.0. The molecule has 1 saturated carbocycles. The summed E-state index contributed by atoms with van der Waals surface area (Å²) in [5.41, 5.74) is 2.72. The van der Waals surface area contributed by atoms with Crippen LogP contribution in [0, 0.1) is 28.0 Å². The van der Waals surface area contributed by atoms with Crippen molar-refractivity contribution >= 4 is 12.0 Å². The van der Waals surface area contributed by atoms with E-state index >= 15 is 0 Å². The van der Waals surface area contributed by atoms with Gasteiger partial charge in [0.15, 0.2) is 0 Å². The van der Waals surface area contributed by atoms with Gasteiger partial charge in [-0.05, 0) is 55.2 Å². The molecule has 1 heterocycles. The number of hydrogen-bond acceptors (Lipinski definition) is 4. The minimum absolute atomic E-state index is 0.0925. The largest absolute Gasteiger partial charge is 0.469 e. The molecule has 0 N–H and O–H groups in total. The molecular weight excluding hydrogens is 345 g/mol. The van der Waals surface area contributed by atoms with Crippen LogP contribution in [-0.4, -0.2) is 22.9 Å². The Kier molecular flexibility index (Phi) is 3.92. The maximum atomic E-state index is 13.2. The smallest absolute Gasteiger partial charge is 0.307 e. The summed E-state index contributed by atoms with van der Waals surface area (Å²) in [6.45, 7) is 2.07. The van der Waals surface area contributed by atoms with Gasteiger partial charge in [0.05, 0.1) is 42.6 Å². The molecule has 2 atom stereocenters. The first-order chi connectivity index (χ1) is 12.9. The van der Waals surface area contributed by atoms with E-state index in [1.54, 1.807) is 23.0 Å². The lowest BCUT2D eigenvalue weighted by molar-refractivity contribution is -0.143. The number of halogens is 1. The van der Waals surface area contributed by atoms with Crippen LogP contribution in [0.5, 0.6) is 0 Å². The van der Waals surface area contributed by atoms with E-state index in [9.17, 15) is 14.4 Å². The van der Waals surface area contributed by atoms with E-state index in [1.807, 2.05) is 0 Å². The SMILES string of the molecule is COC(=O)C[C@@]1(C#N)CCC2=Cc3c(cnn3-c3ccc(F)cc3)C[C@@]21C. The van der Waals surface area contributed by atoms with Crippen LogP contribution in [0.2, 0.25) is 0 Å². The van der Waals surface area contributed by atoms with Crippen LogP contribution in [0.3, 0.4) is 0 Å². The maximum Gasteiger partial charge on any atom is 0.307 e.